The first-order valence-corrected chi connectivity index (χ1v) is 31.9. The maximum Gasteiger partial charge on any atom is 0.335 e. The van der Waals surface area contributed by atoms with Crippen LogP contribution in [-0.4, -0.2) is 89.2 Å². The molecule has 1 aliphatic rings. The third kappa shape index (κ3) is 44.5. The number of carbonyl (C=O) groups is 4. The SMILES string of the molecule is CC/C=C\C/C=C\C/C=C\C/C=C\C/C=C\CCCC(=O)OCC(COC1OC(C(=O)O)C(O)C(O)C1OC(=O)CCCCCCCCCCCCCCCCC)OC(=O)CCCCCCCCC/C=C\CCCCCCCC. The zero-order valence-corrected chi connectivity index (χ0v) is 50.1. The first-order valence-electron chi connectivity index (χ1n) is 31.9. The molecule has 6 atom stereocenters. The summed E-state index contributed by atoms with van der Waals surface area (Å²) in [4.78, 5) is 51.3. The molecule has 0 saturated carbocycles. The summed E-state index contributed by atoms with van der Waals surface area (Å²) in [5.74, 6) is -3.19. The zero-order valence-electron chi connectivity index (χ0n) is 50.1. The van der Waals surface area contributed by atoms with E-state index >= 15 is 0 Å². The maximum absolute atomic E-state index is 13.2. The van der Waals surface area contributed by atoms with Gasteiger partial charge in [0, 0.05) is 19.3 Å². The van der Waals surface area contributed by atoms with Crippen molar-refractivity contribution in [2.24, 2.45) is 0 Å². The van der Waals surface area contributed by atoms with Crippen LogP contribution in [0, 0.1) is 0 Å². The summed E-state index contributed by atoms with van der Waals surface area (Å²) >= 11 is 0. The Balaban J connectivity index is 2.71. The minimum absolute atomic E-state index is 0.0565. The van der Waals surface area contributed by atoms with Crippen LogP contribution in [0.5, 0.6) is 0 Å². The lowest BCUT2D eigenvalue weighted by Crippen LogP contribution is -2.61. The van der Waals surface area contributed by atoms with Crippen molar-refractivity contribution in [3.05, 3.63) is 72.9 Å². The molecule has 0 spiro atoms. The Kier molecular flexibility index (Phi) is 50.7. The highest BCUT2D eigenvalue weighted by molar-refractivity contribution is 5.74. The number of esters is 3. The smallest absolute Gasteiger partial charge is 0.335 e. The number of carboxylic acids is 1. The predicted octanol–water partition coefficient (Wildman–Crippen LogP) is 16.9. The molecule has 79 heavy (non-hydrogen) atoms. The van der Waals surface area contributed by atoms with E-state index < -0.39 is 67.3 Å². The molecule has 3 N–H and O–H groups in total. The zero-order chi connectivity index (χ0) is 57.5. The summed E-state index contributed by atoms with van der Waals surface area (Å²) in [5, 5.41) is 31.6. The van der Waals surface area contributed by atoms with E-state index in [-0.39, 0.29) is 25.9 Å². The van der Waals surface area contributed by atoms with Gasteiger partial charge < -0.3 is 39.0 Å². The van der Waals surface area contributed by atoms with Gasteiger partial charge in [-0.1, -0.05) is 248 Å². The van der Waals surface area contributed by atoms with Crippen LogP contribution in [0.2, 0.25) is 0 Å². The first-order chi connectivity index (χ1) is 38.6. The second-order valence-electron chi connectivity index (χ2n) is 21.7. The quantitative estimate of drug-likeness (QED) is 0.0228. The lowest BCUT2D eigenvalue weighted by atomic mass is 9.98. The Hall–Kier alpha value is -3.84. The van der Waals surface area contributed by atoms with Gasteiger partial charge in [0.2, 0.25) is 0 Å². The molecule has 1 rings (SSSR count). The highest BCUT2D eigenvalue weighted by atomic mass is 16.7. The molecule has 6 unspecified atom stereocenters. The molecular formula is C67H114O12. The second-order valence-corrected chi connectivity index (χ2v) is 21.7. The Morgan fingerprint density at radius 1 is 0.430 bits per heavy atom. The van der Waals surface area contributed by atoms with E-state index in [4.69, 9.17) is 23.7 Å². The van der Waals surface area contributed by atoms with Crippen LogP contribution < -0.4 is 0 Å². The molecule has 12 heteroatoms. The monoisotopic (exact) mass is 1110 g/mol. The standard InChI is InChI=1S/C67H114O12/c1-4-7-10-13-16-19-22-25-28-30-33-35-38-41-44-47-50-53-59(68)75-56-58(77-60(69)54-51-48-45-42-39-37-34-31-29-26-23-20-17-14-11-8-5-2)57-76-67-65(63(72)62(71)64(79-67)66(73)74)78-61(70)55-52-49-46-43-40-36-32-27-24-21-18-15-12-9-6-3/h7,10,16,19,25-26,28-29,33,35,41,44,58,62-65,67,71-72H,4-6,8-9,11-15,17-18,20-24,27,30-32,34,36-40,42-43,45-57H2,1-3H3,(H,73,74)/b10-7-,19-16-,28-25-,29-26-,35-33-,44-41-. The molecule has 1 aliphatic heterocycles. The van der Waals surface area contributed by atoms with E-state index in [0.29, 0.717) is 25.7 Å². The normalized spacial score (nSPS) is 18.3. The molecule has 0 radical (unpaired) electrons. The average Bonchev–Trinajstić information content (AvgIpc) is 3.46. The number of aliphatic hydroxyl groups is 2. The molecule has 1 fully saturated rings. The number of rotatable bonds is 54. The van der Waals surface area contributed by atoms with Gasteiger partial charge in [0.05, 0.1) is 6.61 Å². The highest BCUT2D eigenvalue weighted by Gasteiger charge is 2.50. The van der Waals surface area contributed by atoms with Gasteiger partial charge in [-0.25, -0.2) is 4.79 Å². The van der Waals surface area contributed by atoms with Crippen LogP contribution in [0.1, 0.15) is 278 Å². The number of aliphatic carboxylic acids is 1. The van der Waals surface area contributed by atoms with Crippen molar-refractivity contribution >= 4 is 23.9 Å². The van der Waals surface area contributed by atoms with Crippen molar-refractivity contribution in [1.82, 2.24) is 0 Å². The van der Waals surface area contributed by atoms with Gasteiger partial charge in [0.1, 0.15) is 18.8 Å². The van der Waals surface area contributed by atoms with E-state index in [1.54, 1.807) is 0 Å². The van der Waals surface area contributed by atoms with Crippen LogP contribution >= 0.6 is 0 Å². The largest absolute Gasteiger partial charge is 0.479 e. The van der Waals surface area contributed by atoms with Crippen molar-refractivity contribution in [1.29, 1.82) is 0 Å². The van der Waals surface area contributed by atoms with Gasteiger partial charge in [0.15, 0.2) is 24.6 Å². The topological polar surface area (TPSA) is 175 Å². The van der Waals surface area contributed by atoms with Gasteiger partial charge >= 0.3 is 23.9 Å². The highest BCUT2D eigenvalue weighted by Crippen LogP contribution is 2.27. The Morgan fingerprint density at radius 2 is 0.810 bits per heavy atom. The second kappa shape index (κ2) is 54.7. The molecule has 0 aromatic heterocycles. The van der Waals surface area contributed by atoms with E-state index in [0.717, 1.165) is 89.9 Å². The third-order valence-electron chi connectivity index (χ3n) is 14.3. The van der Waals surface area contributed by atoms with Gasteiger partial charge in [-0.3, -0.25) is 14.4 Å². The number of aliphatic hydroxyl groups excluding tert-OH is 2. The minimum Gasteiger partial charge on any atom is -0.479 e. The lowest BCUT2D eigenvalue weighted by Gasteiger charge is -2.40. The van der Waals surface area contributed by atoms with Gasteiger partial charge in [-0.05, 0) is 83.5 Å². The number of allylic oxidation sites excluding steroid dienone is 12. The lowest BCUT2D eigenvalue weighted by molar-refractivity contribution is -0.301. The number of carbonyl (C=O) groups excluding carboxylic acids is 3. The molecule has 0 amide bonds. The minimum atomic E-state index is -1.91. The number of unbranched alkanes of at least 4 members (excludes halogenated alkanes) is 28. The van der Waals surface area contributed by atoms with Crippen LogP contribution in [-0.2, 0) is 42.9 Å². The van der Waals surface area contributed by atoms with Crippen molar-refractivity contribution in [2.45, 2.75) is 314 Å². The maximum atomic E-state index is 13.2. The Labute approximate surface area is 480 Å². The van der Waals surface area contributed by atoms with Crippen LogP contribution in [0.4, 0.5) is 0 Å². The number of carboxylic acid groups (broad SMARTS) is 1. The number of ether oxygens (including phenoxy) is 5. The van der Waals surface area contributed by atoms with Crippen LogP contribution in [0.15, 0.2) is 72.9 Å². The molecule has 0 aromatic carbocycles. The van der Waals surface area contributed by atoms with Gasteiger partial charge in [-0.2, -0.15) is 0 Å². The molecule has 454 valence electrons. The Bertz CT molecular complexity index is 1650. The third-order valence-corrected chi connectivity index (χ3v) is 14.3. The predicted molar refractivity (Wildman–Crippen MR) is 322 cm³/mol. The molecule has 0 aromatic rings. The van der Waals surface area contributed by atoms with Crippen molar-refractivity contribution in [3.63, 3.8) is 0 Å². The van der Waals surface area contributed by atoms with E-state index in [1.165, 1.54) is 122 Å². The first kappa shape index (κ1) is 73.2. The van der Waals surface area contributed by atoms with Crippen molar-refractivity contribution < 1.29 is 58.2 Å². The van der Waals surface area contributed by atoms with Gasteiger partial charge in [-0.15, -0.1) is 0 Å². The molecule has 1 heterocycles. The number of hydrogen-bond acceptors (Lipinski definition) is 11. The number of hydrogen-bond donors (Lipinski definition) is 3. The molecule has 1 saturated heterocycles. The summed E-state index contributed by atoms with van der Waals surface area (Å²) in [5.41, 5.74) is 0. The fourth-order valence-electron chi connectivity index (χ4n) is 9.40. The van der Waals surface area contributed by atoms with Crippen LogP contribution in [0.3, 0.4) is 0 Å². The summed E-state index contributed by atoms with van der Waals surface area (Å²) in [6.45, 7) is 5.85. The average molecular weight is 1110 g/mol. The van der Waals surface area contributed by atoms with E-state index in [9.17, 15) is 34.5 Å². The summed E-state index contributed by atoms with van der Waals surface area (Å²) in [7, 11) is 0. The summed E-state index contributed by atoms with van der Waals surface area (Å²) in [6.07, 6.45) is 57.2. The molecule has 12 nitrogen and oxygen atoms in total. The fraction of sp³-hybridized carbons (Fsp3) is 0.761. The fourth-order valence-corrected chi connectivity index (χ4v) is 9.40. The van der Waals surface area contributed by atoms with Crippen molar-refractivity contribution in [2.75, 3.05) is 13.2 Å². The molecule has 0 aliphatic carbocycles. The summed E-state index contributed by atoms with van der Waals surface area (Å²) < 4.78 is 28.5. The van der Waals surface area contributed by atoms with E-state index in [1.807, 2.05) is 6.08 Å². The van der Waals surface area contributed by atoms with Crippen molar-refractivity contribution in [3.8, 4) is 0 Å². The molecular weight excluding hydrogens is 997 g/mol. The van der Waals surface area contributed by atoms with Crippen LogP contribution in [0.25, 0.3) is 0 Å². The molecule has 0 bridgehead atoms. The van der Waals surface area contributed by atoms with Gasteiger partial charge in [0.25, 0.3) is 0 Å². The van der Waals surface area contributed by atoms with E-state index in [2.05, 4.69) is 87.6 Å². The summed E-state index contributed by atoms with van der Waals surface area (Å²) in [6, 6.07) is 0. The Morgan fingerprint density at radius 3 is 1.27 bits per heavy atom.